The van der Waals surface area contributed by atoms with Crippen LogP contribution in [-0.4, -0.2) is 24.9 Å². The summed E-state index contributed by atoms with van der Waals surface area (Å²) in [6, 6.07) is 4.93. The van der Waals surface area contributed by atoms with Gasteiger partial charge in [-0.25, -0.2) is 8.42 Å². The number of nitrogens with one attached hydrogen (secondary N) is 1. The number of hydrogen-bond acceptors (Lipinski definition) is 4. The molecule has 0 spiro atoms. The number of halogens is 1. The minimum absolute atomic E-state index is 0.230. The first kappa shape index (κ1) is 12.1. The fraction of sp³-hybridized carbons (Fsp3) is 0.100. The Morgan fingerprint density at radius 2 is 2.06 bits per heavy atom. The van der Waals surface area contributed by atoms with Gasteiger partial charge in [-0.15, -0.1) is 0 Å². The molecule has 2 aromatic rings. The second-order valence-electron chi connectivity index (χ2n) is 3.61. The molecular weight excluding hydrogens is 306 g/mol. The largest absolute Gasteiger partial charge is 0.384 e. The summed E-state index contributed by atoms with van der Waals surface area (Å²) < 4.78 is 24.1. The van der Waals surface area contributed by atoms with Gasteiger partial charge in [0.05, 0.1) is 11.1 Å². The monoisotopic (exact) mass is 315 g/mol. The smallest absolute Gasteiger partial charge is 0.176 e. The number of anilines is 1. The van der Waals surface area contributed by atoms with Crippen molar-refractivity contribution in [2.75, 3.05) is 12.0 Å². The van der Waals surface area contributed by atoms with E-state index in [4.69, 9.17) is 5.73 Å². The number of H-pyrrole nitrogens is 1. The molecule has 3 N–H and O–H groups in total. The van der Waals surface area contributed by atoms with E-state index >= 15 is 0 Å². The molecule has 0 amide bonds. The number of aromatic amines is 1. The molecule has 1 heterocycles. The molecule has 0 unspecified atom stereocenters. The summed E-state index contributed by atoms with van der Waals surface area (Å²) in [6.45, 7) is 0. The second kappa shape index (κ2) is 4.15. The van der Waals surface area contributed by atoms with E-state index in [1.54, 1.807) is 18.2 Å². The van der Waals surface area contributed by atoms with Crippen LogP contribution in [0, 0.1) is 0 Å². The van der Waals surface area contributed by atoms with Gasteiger partial charge in [0.1, 0.15) is 5.82 Å². The zero-order chi connectivity index (χ0) is 12.6. The van der Waals surface area contributed by atoms with Crippen LogP contribution in [0.3, 0.4) is 0 Å². The number of hydrogen-bond donors (Lipinski definition) is 2. The molecule has 0 radical (unpaired) electrons. The molecule has 0 saturated heterocycles. The molecule has 0 bridgehead atoms. The molecular formula is C10H10BrN3O2S. The molecule has 1 aromatic carbocycles. The number of nitrogen functional groups attached to an aromatic ring is 1. The molecule has 2 rings (SSSR count). The lowest BCUT2D eigenvalue weighted by Gasteiger charge is -2.07. The maximum atomic E-state index is 11.7. The molecule has 0 saturated carbocycles. The zero-order valence-corrected chi connectivity index (χ0v) is 11.3. The molecule has 0 aliphatic heterocycles. The number of nitrogens with two attached hydrogens (primary N) is 1. The Kier molecular flexibility index (Phi) is 2.96. The maximum Gasteiger partial charge on any atom is 0.176 e. The predicted molar refractivity (Wildman–Crippen MR) is 69.2 cm³/mol. The topological polar surface area (TPSA) is 88.8 Å². The summed E-state index contributed by atoms with van der Waals surface area (Å²) in [5.41, 5.74) is 6.82. The van der Waals surface area contributed by atoms with Crippen LogP contribution in [0.5, 0.6) is 0 Å². The molecule has 0 aliphatic rings. The molecule has 90 valence electrons. The Balaban J connectivity index is 2.77. The maximum absolute atomic E-state index is 11.7. The summed E-state index contributed by atoms with van der Waals surface area (Å²) in [6.07, 6.45) is 2.67. The number of aromatic nitrogens is 2. The Labute approximate surface area is 107 Å². The minimum atomic E-state index is -3.31. The van der Waals surface area contributed by atoms with Crippen molar-refractivity contribution in [3.05, 3.63) is 28.9 Å². The van der Waals surface area contributed by atoms with Gasteiger partial charge in [-0.2, -0.15) is 5.10 Å². The van der Waals surface area contributed by atoms with Gasteiger partial charge in [-0.1, -0.05) is 15.9 Å². The normalized spacial score (nSPS) is 11.6. The molecule has 0 atom stereocenters. The van der Waals surface area contributed by atoms with Crippen molar-refractivity contribution < 1.29 is 8.42 Å². The van der Waals surface area contributed by atoms with Crippen LogP contribution in [0.15, 0.2) is 33.8 Å². The van der Waals surface area contributed by atoms with Crippen molar-refractivity contribution in [1.82, 2.24) is 10.2 Å². The number of nitrogens with zero attached hydrogens (tertiary/aromatic N) is 1. The van der Waals surface area contributed by atoms with E-state index in [2.05, 4.69) is 26.1 Å². The first-order valence-electron chi connectivity index (χ1n) is 4.68. The van der Waals surface area contributed by atoms with E-state index in [1.165, 1.54) is 6.20 Å². The lowest BCUT2D eigenvalue weighted by Crippen LogP contribution is -2.00. The standard InChI is InChI=1S/C10H10BrN3O2S/c1-17(15,16)9-3-2-6(11)4-7(9)8-5-13-14-10(8)12/h2-5H,1H3,(H3,12,13,14). The van der Waals surface area contributed by atoms with E-state index in [0.29, 0.717) is 16.9 Å². The molecule has 17 heavy (non-hydrogen) atoms. The van der Waals surface area contributed by atoms with Crippen molar-refractivity contribution in [3.8, 4) is 11.1 Å². The fourth-order valence-electron chi connectivity index (χ4n) is 1.55. The van der Waals surface area contributed by atoms with Crippen molar-refractivity contribution >= 4 is 31.6 Å². The average Bonchev–Trinajstić information content (AvgIpc) is 2.62. The van der Waals surface area contributed by atoms with Gasteiger partial charge < -0.3 is 5.73 Å². The second-order valence-corrected chi connectivity index (χ2v) is 6.51. The van der Waals surface area contributed by atoms with Gasteiger partial charge in [0.25, 0.3) is 0 Å². The molecule has 1 aromatic heterocycles. The Morgan fingerprint density at radius 3 is 2.59 bits per heavy atom. The van der Waals surface area contributed by atoms with Crippen LogP contribution < -0.4 is 5.73 Å². The Bertz CT molecular complexity index is 664. The third-order valence-electron chi connectivity index (χ3n) is 2.30. The van der Waals surface area contributed by atoms with Crippen LogP contribution in [0.25, 0.3) is 11.1 Å². The van der Waals surface area contributed by atoms with E-state index in [1.807, 2.05) is 0 Å². The van der Waals surface area contributed by atoms with Crippen LogP contribution in [0.1, 0.15) is 0 Å². The first-order valence-corrected chi connectivity index (χ1v) is 7.37. The fourth-order valence-corrected chi connectivity index (χ4v) is 2.79. The lowest BCUT2D eigenvalue weighted by atomic mass is 10.1. The van der Waals surface area contributed by atoms with Crippen molar-refractivity contribution in [1.29, 1.82) is 0 Å². The summed E-state index contributed by atoms with van der Waals surface area (Å²) in [5, 5.41) is 6.37. The highest BCUT2D eigenvalue weighted by molar-refractivity contribution is 9.10. The molecule has 5 nitrogen and oxygen atoms in total. The van der Waals surface area contributed by atoms with Crippen molar-refractivity contribution in [2.45, 2.75) is 4.90 Å². The molecule has 0 aliphatic carbocycles. The highest BCUT2D eigenvalue weighted by Crippen LogP contribution is 2.32. The van der Waals surface area contributed by atoms with Gasteiger partial charge >= 0.3 is 0 Å². The summed E-state index contributed by atoms with van der Waals surface area (Å²) >= 11 is 3.31. The van der Waals surface area contributed by atoms with E-state index in [9.17, 15) is 8.42 Å². The van der Waals surface area contributed by atoms with Crippen LogP contribution in [0.2, 0.25) is 0 Å². The third kappa shape index (κ3) is 2.34. The zero-order valence-electron chi connectivity index (χ0n) is 8.94. The Hall–Kier alpha value is -1.34. The van der Waals surface area contributed by atoms with Crippen molar-refractivity contribution in [2.24, 2.45) is 0 Å². The van der Waals surface area contributed by atoms with E-state index < -0.39 is 9.84 Å². The lowest BCUT2D eigenvalue weighted by molar-refractivity contribution is 0.602. The van der Waals surface area contributed by atoms with Crippen LogP contribution in [0.4, 0.5) is 5.82 Å². The van der Waals surface area contributed by atoms with Gasteiger partial charge in [-0.05, 0) is 18.2 Å². The van der Waals surface area contributed by atoms with E-state index in [-0.39, 0.29) is 4.90 Å². The third-order valence-corrected chi connectivity index (χ3v) is 3.95. The van der Waals surface area contributed by atoms with Gasteiger partial charge in [0.2, 0.25) is 0 Å². The number of sulfone groups is 1. The first-order chi connectivity index (χ1) is 7.89. The highest BCUT2D eigenvalue weighted by atomic mass is 79.9. The van der Waals surface area contributed by atoms with Crippen molar-refractivity contribution in [3.63, 3.8) is 0 Å². The predicted octanol–water partition coefficient (Wildman–Crippen LogP) is 1.82. The van der Waals surface area contributed by atoms with Gasteiger partial charge in [-0.3, -0.25) is 5.10 Å². The van der Waals surface area contributed by atoms with Gasteiger partial charge in [0, 0.05) is 21.9 Å². The molecule has 7 heteroatoms. The minimum Gasteiger partial charge on any atom is -0.384 e. The summed E-state index contributed by atoms with van der Waals surface area (Å²) in [5.74, 6) is 0.341. The highest BCUT2D eigenvalue weighted by Gasteiger charge is 2.17. The SMILES string of the molecule is CS(=O)(=O)c1ccc(Br)cc1-c1cn[nH]c1N. The summed E-state index contributed by atoms with van der Waals surface area (Å²) in [4.78, 5) is 0.230. The average molecular weight is 316 g/mol. The summed E-state index contributed by atoms with van der Waals surface area (Å²) in [7, 11) is -3.31. The van der Waals surface area contributed by atoms with Gasteiger partial charge in [0.15, 0.2) is 9.84 Å². The quantitative estimate of drug-likeness (QED) is 0.884. The van der Waals surface area contributed by atoms with Crippen LogP contribution in [-0.2, 0) is 9.84 Å². The number of rotatable bonds is 2. The Morgan fingerprint density at radius 1 is 1.35 bits per heavy atom. The van der Waals surface area contributed by atoms with E-state index in [0.717, 1.165) is 10.7 Å². The molecule has 0 fully saturated rings. The number of benzene rings is 1. The van der Waals surface area contributed by atoms with Crippen LogP contribution >= 0.6 is 15.9 Å².